The molecule has 1 heterocycles. The molecule has 1 aromatic heterocycles. The predicted molar refractivity (Wildman–Crippen MR) is 76.8 cm³/mol. The molecular weight excluding hydrogens is 278 g/mol. The summed E-state index contributed by atoms with van der Waals surface area (Å²) < 4.78 is 5.43. The number of rotatable bonds is 5. The van der Waals surface area contributed by atoms with Gasteiger partial charge in [-0.2, -0.15) is 5.10 Å². The van der Waals surface area contributed by atoms with E-state index in [1.54, 1.807) is 24.5 Å². The quantitative estimate of drug-likeness (QED) is 0.890. The fraction of sp³-hybridized carbons (Fsp3) is 0.286. The first kappa shape index (κ1) is 14.4. The van der Waals surface area contributed by atoms with Crippen LogP contribution in [0, 0.1) is 6.92 Å². The number of aryl methyl sites for hydroxylation is 1. The third kappa shape index (κ3) is 3.74. The molecule has 1 unspecified atom stereocenters. The second-order valence-electron chi connectivity index (χ2n) is 4.54. The molecule has 0 fully saturated rings. The van der Waals surface area contributed by atoms with Crippen molar-refractivity contribution < 1.29 is 9.53 Å². The van der Waals surface area contributed by atoms with Gasteiger partial charge in [-0.05, 0) is 31.5 Å². The Hall–Kier alpha value is -2.01. The number of aromatic amines is 1. The Morgan fingerprint density at radius 2 is 2.35 bits per heavy atom. The van der Waals surface area contributed by atoms with E-state index in [1.165, 1.54) is 0 Å². The SMILES string of the molecule is Cc1ccc(Cl)c(OCC(=O)NC(C)c2cn[nH]c2)c1. The van der Waals surface area contributed by atoms with Crippen LogP contribution in [-0.2, 0) is 4.79 Å². The van der Waals surface area contributed by atoms with Gasteiger partial charge in [0, 0.05) is 11.8 Å². The highest BCUT2D eigenvalue weighted by Gasteiger charge is 2.11. The molecule has 0 bridgehead atoms. The molecule has 0 saturated carbocycles. The lowest BCUT2D eigenvalue weighted by Gasteiger charge is -2.13. The van der Waals surface area contributed by atoms with Gasteiger partial charge in [0.1, 0.15) is 5.75 Å². The van der Waals surface area contributed by atoms with Crippen LogP contribution in [0.1, 0.15) is 24.1 Å². The van der Waals surface area contributed by atoms with E-state index in [-0.39, 0.29) is 18.6 Å². The summed E-state index contributed by atoms with van der Waals surface area (Å²) in [5, 5.41) is 9.86. The Morgan fingerprint density at radius 1 is 1.55 bits per heavy atom. The lowest BCUT2D eigenvalue weighted by atomic mass is 10.2. The van der Waals surface area contributed by atoms with Crippen molar-refractivity contribution in [3.8, 4) is 5.75 Å². The van der Waals surface area contributed by atoms with Crippen LogP contribution >= 0.6 is 11.6 Å². The standard InChI is InChI=1S/C14H16ClN3O2/c1-9-3-4-12(15)13(5-9)20-8-14(19)18-10(2)11-6-16-17-7-11/h3-7,10H,8H2,1-2H3,(H,16,17)(H,18,19). The number of nitrogens with zero attached hydrogens (tertiary/aromatic N) is 1. The normalized spacial score (nSPS) is 11.9. The van der Waals surface area contributed by atoms with Crippen molar-refractivity contribution in [3.05, 3.63) is 46.7 Å². The maximum atomic E-state index is 11.8. The summed E-state index contributed by atoms with van der Waals surface area (Å²) in [5.41, 5.74) is 1.93. The molecule has 2 rings (SSSR count). The number of ether oxygens (including phenoxy) is 1. The summed E-state index contributed by atoms with van der Waals surface area (Å²) in [6.45, 7) is 3.73. The van der Waals surface area contributed by atoms with Crippen LogP contribution < -0.4 is 10.1 Å². The average molecular weight is 294 g/mol. The highest BCUT2D eigenvalue weighted by atomic mass is 35.5. The van der Waals surface area contributed by atoms with Gasteiger partial charge in [-0.3, -0.25) is 9.89 Å². The summed E-state index contributed by atoms with van der Waals surface area (Å²) in [5.74, 6) is 0.300. The lowest BCUT2D eigenvalue weighted by molar-refractivity contribution is -0.123. The third-order valence-corrected chi connectivity index (χ3v) is 3.15. The van der Waals surface area contributed by atoms with Gasteiger partial charge in [-0.15, -0.1) is 0 Å². The Balaban J connectivity index is 1.87. The zero-order valence-corrected chi connectivity index (χ0v) is 12.1. The molecule has 5 nitrogen and oxygen atoms in total. The molecular formula is C14H16ClN3O2. The molecule has 2 N–H and O–H groups in total. The molecule has 1 amide bonds. The van der Waals surface area contributed by atoms with Crippen LogP contribution in [0.25, 0.3) is 0 Å². The first-order valence-electron chi connectivity index (χ1n) is 6.23. The Bertz CT molecular complexity index is 584. The van der Waals surface area contributed by atoms with Crippen LogP contribution in [-0.4, -0.2) is 22.7 Å². The summed E-state index contributed by atoms with van der Waals surface area (Å²) in [6, 6.07) is 5.31. The number of aromatic nitrogens is 2. The van der Waals surface area contributed by atoms with E-state index in [0.29, 0.717) is 10.8 Å². The number of carbonyl (C=O) groups excluding carboxylic acids is 1. The number of halogens is 1. The van der Waals surface area contributed by atoms with Crippen LogP contribution in [0.15, 0.2) is 30.6 Å². The van der Waals surface area contributed by atoms with Gasteiger partial charge in [-0.25, -0.2) is 0 Å². The molecule has 0 aliphatic rings. The second kappa shape index (κ2) is 6.43. The van der Waals surface area contributed by atoms with Crippen molar-refractivity contribution >= 4 is 17.5 Å². The first-order chi connectivity index (χ1) is 9.56. The molecule has 0 aliphatic heterocycles. The van der Waals surface area contributed by atoms with E-state index >= 15 is 0 Å². The number of benzene rings is 1. The number of hydrogen-bond acceptors (Lipinski definition) is 3. The molecule has 2 aromatic rings. The summed E-state index contributed by atoms with van der Waals surface area (Å²) >= 11 is 6.00. The summed E-state index contributed by atoms with van der Waals surface area (Å²) in [6.07, 6.45) is 3.41. The second-order valence-corrected chi connectivity index (χ2v) is 4.95. The molecule has 0 saturated heterocycles. The highest BCUT2D eigenvalue weighted by molar-refractivity contribution is 6.32. The Labute approximate surface area is 122 Å². The Kier molecular flexibility index (Phi) is 4.63. The number of carbonyl (C=O) groups is 1. The number of nitrogens with one attached hydrogen (secondary N) is 2. The average Bonchev–Trinajstić information content (AvgIpc) is 2.94. The van der Waals surface area contributed by atoms with Crippen LogP contribution in [0.5, 0.6) is 5.75 Å². The van der Waals surface area contributed by atoms with Crippen molar-refractivity contribution in [2.45, 2.75) is 19.9 Å². The first-order valence-corrected chi connectivity index (χ1v) is 6.61. The molecule has 106 valence electrons. The van der Waals surface area contributed by atoms with Crippen molar-refractivity contribution in [1.82, 2.24) is 15.5 Å². The van der Waals surface area contributed by atoms with Crippen molar-refractivity contribution in [2.75, 3.05) is 6.61 Å². The van der Waals surface area contributed by atoms with E-state index in [9.17, 15) is 4.79 Å². The fourth-order valence-corrected chi connectivity index (χ4v) is 1.90. The number of amides is 1. The van der Waals surface area contributed by atoms with E-state index in [0.717, 1.165) is 11.1 Å². The van der Waals surface area contributed by atoms with E-state index in [1.807, 2.05) is 19.9 Å². The van der Waals surface area contributed by atoms with Gasteiger partial charge >= 0.3 is 0 Å². The highest BCUT2D eigenvalue weighted by Crippen LogP contribution is 2.25. The van der Waals surface area contributed by atoms with Crippen LogP contribution in [0.2, 0.25) is 5.02 Å². The Morgan fingerprint density at radius 3 is 3.05 bits per heavy atom. The van der Waals surface area contributed by atoms with Gasteiger partial charge in [0.05, 0.1) is 17.3 Å². The number of hydrogen-bond donors (Lipinski definition) is 2. The van der Waals surface area contributed by atoms with Crippen molar-refractivity contribution in [2.24, 2.45) is 0 Å². The maximum Gasteiger partial charge on any atom is 0.258 e. The fourth-order valence-electron chi connectivity index (χ4n) is 1.73. The minimum Gasteiger partial charge on any atom is -0.482 e. The van der Waals surface area contributed by atoms with Gasteiger partial charge < -0.3 is 10.1 Å². The molecule has 0 radical (unpaired) electrons. The summed E-state index contributed by atoms with van der Waals surface area (Å²) in [7, 11) is 0. The maximum absolute atomic E-state index is 11.8. The zero-order valence-electron chi connectivity index (χ0n) is 11.3. The van der Waals surface area contributed by atoms with Gasteiger partial charge in [0.25, 0.3) is 5.91 Å². The monoisotopic (exact) mass is 293 g/mol. The largest absolute Gasteiger partial charge is 0.482 e. The minimum atomic E-state index is -0.212. The van der Waals surface area contributed by atoms with Crippen molar-refractivity contribution in [3.63, 3.8) is 0 Å². The number of H-pyrrole nitrogens is 1. The molecule has 0 aliphatic carbocycles. The van der Waals surface area contributed by atoms with Crippen LogP contribution in [0.4, 0.5) is 0 Å². The van der Waals surface area contributed by atoms with E-state index in [2.05, 4.69) is 15.5 Å². The van der Waals surface area contributed by atoms with Crippen molar-refractivity contribution in [1.29, 1.82) is 0 Å². The topological polar surface area (TPSA) is 67.0 Å². The van der Waals surface area contributed by atoms with Gasteiger partial charge in [0.2, 0.25) is 0 Å². The minimum absolute atomic E-state index is 0.0780. The van der Waals surface area contributed by atoms with E-state index < -0.39 is 0 Å². The van der Waals surface area contributed by atoms with E-state index in [4.69, 9.17) is 16.3 Å². The predicted octanol–water partition coefficient (Wildman–Crippen LogP) is 2.63. The molecule has 1 atom stereocenters. The third-order valence-electron chi connectivity index (χ3n) is 2.84. The smallest absolute Gasteiger partial charge is 0.258 e. The van der Waals surface area contributed by atoms with Gasteiger partial charge in [0.15, 0.2) is 6.61 Å². The molecule has 20 heavy (non-hydrogen) atoms. The molecule has 0 spiro atoms. The lowest BCUT2D eigenvalue weighted by Crippen LogP contribution is -2.31. The van der Waals surface area contributed by atoms with Crippen LogP contribution in [0.3, 0.4) is 0 Å². The zero-order chi connectivity index (χ0) is 14.5. The molecule has 6 heteroatoms. The molecule has 1 aromatic carbocycles. The van der Waals surface area contributed by atoms with Gasteiger partial charge in [-0.1, -0.05) is 17.7 Å². The summed E-state index contributed by atoms with van der Waals surface area (Å²) in [4.78, 5) is 11.8.